The van der Waals surface area contributed by atoms with Gasteiger partial charge in [-0.25, -0.2) is 0 Å². The van der Waals surface area contributed by atoms with Crippen LogP contribution in [0.25, 0.3) is 0 Å². The molecule has 0 aromatic heterocycles. The first-order valence-electron chi connectivity index (χ1n) is 5.24. The average Bonchev–Trinajstić information content (AvgIpc) is 2.30. The van der Waals surface area contributed by atoms with Gasteiger partial charge >= 0.3 is 0 Å². The lowest BCUT2D eigenvalue weighted by Crippen LogP contribution is -2.40. The summed E-state index contributed by atoms with van der Waals surface area (Å²) < 4.78 is 0. The van der Waals surface area contributed by atoms with Crippen LogP contribution in [0.1, 0.15) is 11.1 Å². The van der Waals surface area contributed by atoms with Gasteiger partial charge in [0.15, 0.2) is 0 Å². The minimum atomic E-state index is -1.10. The molecule has 0 heterocycles. The third-order valence-corrected chi connectivity index (χ3v) is 2.55. The molecule has 0 bridgehead atoms. The van der Waals surface area contributed by atoms with Crippen LogP contribution in [0, 0.1) is 6.92 Å². The van der Waals surface area contributed by atoms with Gasteiger partial charge in [0.2, 0.25) is 0 Å². The van der Waals surface area contributed by atoms with Crippen LogP contribution in [0.3, 0.4) is 0 Å². The van der Waals surface area contributed by atoms with E-state index >= 15 is 0 Å². The first-order valence-corrected chi connectivity index (χ1v) is 5.24. The molecule has 0 saturated heterocycles. The molecular formula is C12H18N2O2. The normalized spacial score (nSPS) is 12.2. The van der Waals surface area contributed by atoms with E-state index in [2.05, 4.69) is 0 Å². The Morgan fingerprint density at radius 3 is 2.69 bits per heavy atom. The summed E-state index contributed by atoms with van der Waals surface area (Å²) >= 11 is 0. The molecular weight excluding hydrogens is 204 g/mol. The minimum absolute atomic E-state index is 0.0447. The lowest BCUT2D eigenvalue weighted by molar-refractivity contribution is -0.138. The predicted octanol–water partition coefficient (Wildman–Crippen LogP) is 0.273. The van der Waals surface area contributed by atoms with Gasteiger partial charge in [0, 0.05) is 20.1 Å². The fraction of sp³-hybridized carbons (Fsp3) is 0.417. The molecule has 0 fully saturated rings. The largest absolute Gasteiger partial charge is 0.382 e. The molecule has 1 aromatic carbocycles. The van der Waals surface area contributed by atoms with Crippen molar-refractivity contribution in [3.63, 3.8) is 0 Å². The Labute approximate surface area is 95.7 Å². The summed E-state index contributed by atoms with van der Waals surface area (Å²) in [7, 11) is 1.66. The van der Waals surface area contributed by atoms with Gasteiger partial charge in [0.05, 0.1) is 0 Å². The molecule has 0 aliphatic carbocycles. The molecule has 1 aromatic rings. The quantitative estimate of drug-likeness (QED) is 0.768. The van der Waals surface area contributed by atoms with Crippen molar-refractivity contribution in [2.45, 2.75) is 19.6 Å². The van der Waals surface area contributed by atoms with Gasteiger partial charge in [-0.2, -0.15) is 0 Å². The summed E-state index contributed by atoms with van der Waals surface area (Å²) in [4.78, 5) is 13.1. The highest BCUT2D eigenvalue weighted by atomic mass is 16.3. The van der Waals surface area contributed by atoms with Gasteiger partial charge in [0.1, 0.15) is 6.10 Å². The molecule has 88 valence electrons. The second-order valence-corrected chi connectivity index (χ2v) is 3.87. The van der Waals surface area contributed by atoms with Crippen LogP contribution in [-0.2, 0) is 11.3 Å². The SMILES string of the molecule is Cc1ccccc1CN(C)C(=O)C(O)CN. The van der Waals surface area contributed by atoms with E-state index in [4.69, 9.17) is 5.73 Å². The number of carbonyl (C=O) groups is 1. The first kappa shape index (κ1) is 12.7. The van der Waals surface area contributed by atoms with Crippen molar-refractivity contribution < 1.29 is 9.90 Å². The Balaban J connectivity index is 2.68. The highest BCUT2D eigenvalue weighted by Gasteiger charge is 2.17. The zero-order valence-electron chi connectivity index (χ0n) is 9.68. The Kier molecular flexibility index (Phi) is 4.46. The molecule has 1 atom stereocenters. The van der Waals surface area contributed by atoms with Gasteiger partial charge in [-0.15, -0.1) is 0 Å². The molecule has 0 saturated carbocycles. The number of nitrogens with two attached hydrogens (primary N) is 1. The summed E-state index contributed by atoms with van der Waals surface area (Å²) in [5.41, 5.74) is 7.44. The second kappa shape index (κ2) is 5.63. The zero-order chi connectivity index (χ0) is 12.1. The van der Waals surface area contributed by atoms with E-state index in [9.17, 15) is 9.90 Å². The molecule has 1 unspecified atom stereocenters. The molecule has 0 radical (unpaired) electrons. The van der Waals surface area contributed by atoms with Crippen LogP contribution in [0.15, 0.2) is 24.3 Å². The molecule has 1 rings (SSSR count). The van der Waals surface area contributed by atoms with Gasteiger partial charge in [-0.1, -0.05) is 24.3 Å². The minimum Gasteiger partial charge on any atom is -0.382 e. The predicted molar refractivity (Wildman–Crippen MR) is 62.7 cm³/mol. The summed E-state index contributed by atoms with van der Waals surface area (Å²) in [6.07, 6.45) is -1.10. The molecule has 1 amide bonds. The number of aryl methyl sites for hydroxylation is 1. The van der Waals surface area contributed by atoms with Gasteiger partial charge in [0.25, 0.3) is 5.91 Å². The van der Waals surface area contributed by atoms with E-state index in [0.29, 0.717) is 6.54 Å². The number of nitrogens with zero attached hydrogens (tertiary/aromatic N) is 1. The Bertz CT molecular complexity index is 366. The summed E-state index contributed by atoms with van der Waals surface area (Å²) in [6, 6.07) is 7.84. The Morgan fingerprint density at radius 1 is 1.50 bits per heavy atom. The smallest absolute Gasteiger partial charge is 0.252 e. The van der Waals surface area contributed by atoms with Crippen molar-refractivity contribution in [1.82, 2.24) is 4.90 Å². The van der Waals surface area contributed by atoms with Gasteiger partial charge < -0.3 is 15.7 Å². The molecule has 4 heteroatoms. The topological polar surface area (TPSA) is 66.6 Å². The summed E-state index contributed by atoms with van der Waals surface area (Å²) in [6.45, 7) is 2.44. The van der Waals surface area contributed by atoms with Crippen molar-refractivity contribution in [2.24, 2.45) is 5.73 Å². The fourth-order valence-corrected chi connectivity index (χ4v) is 1.48. The Morgan fingerprint density at radius 2 is 2.12 bits per heavy atom. The number of benzene rings is 1. The lowest BCUT2D eigenvalue weighted by Gasteiger charge is -2.20. The van der Waals surface area contributed by atoms with Crippen molar-refractivity contribution in [3.8, 4) is 0 Å². The van der Waals surface area contributed by atoms with Gasteiger partial charge in [-0.05, 0) is 18.1 Å². The van der Waals surface area contributed by atoms with Crippen molar-refractivity contribution in [1.29, 1.82) is 0 Å². The molecule has 0 aliphatic heterocycles. The van der Waals surface area contributed by atoms with E-state index in [1.807, 2.05) is 31.2 Å². The van der Waals surface area contributed by atoms with Crippen molar-refractivity contribution in [3.05, 3.63) is 35.4 Å². The van der Waals surface area contributed by atoms with Crippen LogP contribution >= 0.6 is 0 Å². The number of aliphatic hydroxyl groups is 1. The number of likely N-dealkylation sites (N-methyl/N-ethyl adjacent to an activating group) is 1. The molecule has 3 N–H and O–H groups in total. The maximum atomic E-state index is 11.6. The van der Waals surface area contributed by atoms with Crippen LogP contribution < -0.4 is 5.73 Å². The van der Waals surface area contributed by atoms with Crippen LogP contribution in [0.5, 0.6) is 0 Å². The van der Waals surface area contributed by atoms with E-state index < -0.39 is 6.10 Å². The number of rotatable bonds is 4. The van der Waals surface area contributed by atoms with Crippen LogP contribution in [0.4, 0.5) is 0 Å². The second-order valence-electron chi connectivity index (χ2n) is 3.87. The molecule has 16 heavy (non-hydrogen) atoms. The average molecular weight is 222 g/mol. The van der Waals surface area contributed by atoms with E-state index in [1.165, 1.54) is 4.90 Å². The molecule has 0 spiro atoms. The van der Waals surface area contributed by atoms with E-state index in [0.717, 1.165) is 11.1 Å². The van der Waals surface area contributed by atoms with E-state index in [1.54, 1.807) is 7.05 Å². The number of hydrogen-bond donors (Lipinski definition) is 2. The third-order valence-electron chi connectivity index (χ3n) is 2.55. The zero-order valence-corrected chi connectivity index (χ0v) is 9.68. The third kappa shape index (κ3) is 3.05. The number of hydrogen-bond acceptors (Lipinski definition) is 3. The summed E-state index contributed by atoms with van der Waals surface area (Å²) in [5, 5.41) is 9.33. The van der Waals surface area contributed by atoms with Crippen molar-refractivity contribution >= 4 is 5.91 Å². The highest BCUT2D eigenvalue weighted by Crippen LogP contribution is 2.09. The monoisotopic (exact) mass is 222 g/mol. The van der Waals surface area contributed by atoms with Crippen LogP contribution in [-0.4, -0.2) is 35.6 Å². The first-order chi connectivity index (χ1) is 7.56. The standard InChI is InChI=1S/C12H18N2O2/c1-9-5-3-4-6-10(9)8-14(2)12(16)11(15)7-13/h3-6,11,15H,7-8,13H2,1-2H3. The Hall–Kier alpha value is -1.39. The maximum Gasteiger partial charge on any atom is 0.252 e. The maximum absolute atomic E-state index is 11.6. The van der Waals surface area contributed by atoms with Crippen molar-refractivity contribution in [2.75, 3.05) is 13.6 Å². The molecule has 0 aliphatic rings. The number of carbonyl (C=O) groups excluding carboxylic acids is 1. The number of aliphatic hydroxyl groups excluding tert-OH is 1. The fourth-order valence-electron chi connectivity index (χ4n) is 1.48. The van der Waals surface area contributed by atoms with Crippen LogP contribution in [0.2, 0.25) is 0 Å². The van der Waals surface area contributed by atoms with E-state index in [-0.39, 0.29) is 12.5 Å². The number of amides is 1. The lowest BCUT2D eigenvalue weighted by atomic mass is 10.1. The van der Waals surface area contributed by atoms with Gasteiger partial charge in [-0.3, -0.25) is 4.79 Å². The molecule has 4 nitrogen and oxygen atoms in total. The highest BCUT2D eigenvalue weighted by molar-refractivity contribution is 5.80. The summed E-state index contributed by atoms with van der Waals surface area (Å²) in [5.74, 6) is -0.342.